The van der Waals surface area contributed by atoms with Crippen molar-refractivity contribution in [2.45, 2.75) is 0 Å². The molecule has 1 aromatic carbocycles. The van der Waals surface area contributed by atoms with Crippen LogP contribution in [0.3, 0.4) is 0 Å². The SMILES string of the molecule is Cl.Cl.O=CNCC(=O)c1ccc(F)cc1. The number of rotatable bonds is 4. The van der Waals surface area contributed by atoms with Crippen molar-refractivity contribution in [1.82, 2.24) is 5.32 Å². The molecule has 0 aliphatic heterocycles. The lowest BCUT2D eigenvalue weighted by Crippen LogP contribution is -2.21. The molecule has 0 atom stereocenters. The largest absolute Gasteiger partial charge is 0.351 e. The highest BCUT2D eigenvalue weighted by atomic mass is 35.5. The molecule has 1 rings (SSSR count). The maximum absolute atomic E-state index is 12.4. The standard InChI is InChI=1S/C9H8FNO2.2ClH/c10-8-3-1-7(2-4-8)9(13)5-11-6-12;;/h1-4,6H,5H2,(H,11,12);2*1H. The third-order valence-corrected chi connectivity index (χ3v) is 1.51. The van der Waals surface area contributed by atoms with Gasteiger partial charge >= 0.3 is 0 Å². The Labute approximate surface area is 98.9 Å². The van der Waals surface area contributed by atoms with E-state index < -0.39 is 0 Å². The molecule has 1 N–H and O–H groups in total. The second-order valence-corrected chi connectivity index (χ2v) is 2.43. The van der Waals surface area contributed by atoms with Crippen LogP contribution in [0.15, 0.2) is 24.3 Å². The van der Waals surface area contributed by atoms with Crippen molar-refractivity contribution in [3.8, 4) is 0 Å². The zero-order chi connectivity index (χ0) is 9.68. The van der Waals surface area contributed by atoms with Crippen LogP contribution in [-0.2, 0) is 4.79 Å². The van der Waals surface area contributed by atoms with Crippen LogP contribution < -0.4 is 5.32 Å². The van der Waals surface area contributed by atoms with Crippen molar-refractivity contribution in [3.63, 3.8) is 0 Å². The highest BCUT2D eigenvalue weighted by molar-refractivity contribution is 5.98. The van der Waals surface area contributed by atoms with Gasteiger partial charge in [0.1, 0.15) is 5.82 Å². The van der Waals surface area contributed by atoms with E-state index in [0.29, 0.717) is 12.0 Å². The summed E-state index contributed by atoms with van der Waals surface area (Å²) >= 11 is 0. The van der Waals surface area contributed by atoms with E-state index in [9.17, 15) is 14.0 Å². The number of carbonyl (C=O) groups is 2. The summed E-state index contributed by atoms with van der Waals surface area (Å²) in [6, 6.07) is 5.16. The molecule has 0 aliphatic rings. The predicted molar refractivity (Wildman–Crippen MR) is 59.3 cm³/mol. The van der Waals surface area contributed by atoms with E-state index in [1.54, 1.807) is 0 Å². The summed E-state index contributed by atoms with van der Waals surface area (Å²) in [5, 5.41) is 2.24. The van der Waals surface area contributed by atoms with Gasteiger partial charge in [-0.25, -0.2) is 4.39 Å². The van der Waals surface area contributed by atoms with Crippen molar-refractivity contribution in [2.24, 2.45) is 0 Å². The van der Waals surface area contributed by atoms with Gasteiger partial charge in [0, 0.05) is 5.56 Å². The van der Waals surface area contributed by atoms with Crippen LogP contribution in [-0.4, -0.2) is 18.7 Å². The molecule has 3 nitrogen and oxygen atoms in total. The average Bonchev–Trinajstić information content (AvgIpc) is 2.15. The third kappa shape index (κ3) is 5.34. The van der Waals surface area contributed by atoms with E-state index >= 15 is 0 Å². The summed E-state index contributed by atoms with van der Waals surface area (Å²) in [6.07, 6.45) is 0.446. The van der Waals surface area contributed by atoms with Crippen LogP contribution in [0.2, 0.25) is 0 Å². The quantitative estimate of drug-likeness (QED) is 0.655. The Bertz CT molecular complexity index is 316. The Morgan fingerprint density at radius 2 is 1.80 bits per heavy atom. The maximum atomic E-state index is 12.4. The van der Waals surface area contributed by atoms with E-state index in [0.717, 1.165) is 0 Å². The smallest absolute Gasteiger partial charge is 0.207 e. The molecule has 0 radical (unpaired) electrons. The predicted octanol–water partition coefficient (Wildman–Crippen LogP) is 1.60. The van der Waals surface area contributed by atoms with Gasteiger partial charge in [-0.2, -0.15) is 0 Å². The number of amides is 1. The summed E-state index contributed by atoms with van der Waals surface area (Å²) in [5.74, 6) is -0.632. The van der Waals surface area contributed by atoms with Gasteiger partial charge in [0.05, 0.1) is 6.54 Å². The van der Waals surface area contributed by atoms with E-state index in [1.165, 1.54) is 24.3 Å². The van der Waals surface area contributed by atoms with Gasteiger partial charge in [-0.15, -0.1) is 24.8 Å². The van der Waals surface area contributed by atoms with Gasteiger partial charge in [0.2, 0.25) is 6.41 Å². The highest BCUT2D eigenvalue weighted by Gasteiger charge is 2.03. The average molecular weight is 254 g/mol. The first kappa shape index (κ1) is 16.3. The first-order chi connectivity index (χ1) is 6.24. The summed E-state index contributed by atoms with van der Waals surface area (Å²) in [4.78, 5) is 21.0. The number of nitrogens with one attached hydrogen (secondary N) is 1. The van der Waals surface area contributed by atoms with Crippen LogP contribution in [0.5, 0.6) is 0 Å². The highest BCUT2D eigenvalue weighted by Crippen LogP contribution is 2.02. The number of halogens is 3. The second-order valence-electron chi connectivity index (χ2n) is 2.43. The molecule has 0 unspecified atom stereocenters. The fourth-order valence-electron chi connectivity index (χ4n) is 0.872. The molecule has 0 spiro atoms. The molecule has 0 aliphatic carbocycles. The Balaban J connectivity index is 0. The minimum absolute atomic E-state index is 0. The van der Waals surface area contributed by atoms with Crippen LogP contribution in [0.25, 0.3) is 0 Å². The second kappa shape index (κ2) is 8.20. The number of carbonyl (C=O) groups excluding carboxylic acids is 2. The number of benzene rings is 1. The lowest BCUT2D eigenvalue weighted by atomic mass is 10.1. The Morgan fingerprint density at radius 1 is 1.27 bits per heavy atom. The number of hydrogen-bond acceptors (Lipinski definition) is 2. The topological polar surface area (TPSA) is 46.2 Å². The summed E-state index contributed by atoms with van der Waals surface area (Å²) in [7, 11) is 0. The van der Waals surface area contributed by atoms with Crippen molar-refractivity contribution in [2.75, 3.05) is 6.54 Å². The van der Waals surface area contributed by atoms with Gasteiger partial charge in [-0.05, 0) is 24.3 Å². The maximum Gasteiger partial charge on any atom is 0.207 e. The third-order valence-electron chi connectivity index (χ3n) is 1.51. The van der Waals surface area contributed by atoms with Crippen LogP contribution in [0.4, 0.5) is 4.39 Å². The fraction of sp³-hybridized carbons (Fsp3) is 0.111. The molecular formula is C9H10Cl2FNO2. The zero-order valence-corrected chi connectivity index (χ0v) is 9.24. The monoisotopic (exact) mass is 253 g/mol. The first-order valence-electron chi connectivity index (χ1n) is 3.70. The number of Topliss-reactive ketones (excluding diaryl/α,β-unsaturated/α-hetero) is 1. The summed E-state index contributed by atoms with van der Waals surface area (Å²) < 4.78 is 12.4. The molecule has 1 aromatic rings. The van der Waals surface area contributed by atoms with Gasteiger partial charge in [-0.1, -0.05) is 0 Å². The van der Waals surface area contributed by atoms with Crippen molar-refractivity contribution < 1.29 is 14.0 Å². The van der Waals surface area contributed by atoms with Gasteiger partial charge in [-0.3, -0.25) is 9.59 Å². The van der Waals surface area contributed by atoms with E-state index in [-0.39, 0.29) is 43.0 Å². The van der Waals surface area contributed by atoms with E-state index in [4.69, 9.17) is 0 Å². The van der Waals surface area contributed by atoms with Gasteiger partial charge < -0.3 is 5.32 Å². The molecule has 1 amide bonds. The molecule has 84 valence electrons. The van der Waals surface area contributed by atoms with Crippen LogP contribution >= 0.6 is 24.8 Å². The van der Waals surface area contributed by atoms with Gasteiger partial charge in [0.15, 0.2) is 5.78 Å². The lowest BCUT2D eigenvalue weighted by molar-refractivity contribution is -0.109. The Kier molecular flexibility index (Phi) is 8.91. The minimum atomic E-state index is -0.389. The molecule has 0 heterocycles. The Hall–Kier alpha value is -1.13. The lowest BCUT2D eigenvalue weighted by Gasteiger charge is -1.98. The normalized spacial score (nSPS) is 8.07. The fourth-order valence-corrected chi connectivity index (χ4v) is 0.872. The van der Waals surface area contributed by atoms with Crippen molar-refractivity contribution in [1.29, 1.82) is 0 Å². The number of hydrogen-bond donors (Lipinski definition) is 1. The van der Waals surface area contributed by atoms with Crippen LogP contribution in [0, 0.1) is 5.82 Å². The molecule has 15 heavy (non-hydrogen) atoms. The molecule has 0 aromatic heterocycles. The molecular weight excluding hydrogens is 244 g/mol. The van der Waals surface area contributed by atoms with Crippen LogP contribution in [0.1, 0.15) is 10.4 Å². The molecule has 0 bridgehead atoms. The molecule has 6 heteroatoms. The summed E-state index contributed by atoms with van der Waals surface area (Å²) in [6.45, 7) is -0.0604. The van der Waals surface area contributed by atoms with Crippen molar-refractivity contribution in [3.05, 3.63) is 35.6 Å². The van der Waals surface area contributed by atoms with Gasteiger partial charge in [0.25, 0.3) is 0 Å². The zero-order valence-electron chi connectivity index (χ0n) is 7.60. The minimum Gasteiger partial charge on any atom is -0.351 e. The van der Waals surface area contributed by atoms with Crippen molar-refractivity contribution >= 4 is 37.0 Å². The molecule has 0 fully saturated rings. The molecule has 0 saturated carbocycles. The first-order valence-corrected chi connectivity index (χ1v) is 3.70. The summed E-state index contributed by atoms with van der Waals surface area (Å²) in [5.41, 5.74) is 0.385. The Morgan fingerprint density at radius 3 is 2.27 bits per heavy atom. The van der Waals surface area contributed by atoms with E-state index in [2.05, 4.69) is 5.32 Å². The molecule has 0 saturated heterocycles. The number of ketones is 1. The van der Waals surface area contributed by atoms with E-state index in [1.807, 2.05) is 0 Å².